The molecule has 3 aliphatic rings. The Hall–Kier alpha value is -5.02. The second-order valence-electron chi connectivity index (χ2n) is 12.9. The Bertz CT molecular complexity index is 2000. The van der Waals surface area contributed by atoms with Crippen molar-refractivity contribution in [1.82, 2.24) is 0 Å². The van der Waals surface area contributed by atoms with E-state index in [9.17, 15) is 80.5 Å². The number of benzene rings is 2. The molecule has 23 nitrogen and oxygen atoms in total. The molecule has 304 valence electrons. The molecular formula is C33H34O23. The predicted molar refractivity (Wildman–Crippen MR) is 173 cm³/mol. The van der Waals surface area contributed by atoms with Crippen LogP contribution in [0.2, 0.25) is 0 Å². The Morgan fingerprint density at radius 2 is 1.04 bits per heavy atom. The number of carbonyl (C=O) groups is 3. The first-order chi connectivity index (χ1) is 26.4. The summed E-state index contributed by atoms with van der Waals surface area (Å²) in [5.41, 5.74) is -0.811. The van der Waals surface area contributed by atoms with Crippen LogP contribution in [0.15, 0.2) is 51.7 Å². The highest BCUT2D eigenvalue weighted by molar-refractivity contribution is 5.86. The second kappa shape index (κ2) is 15.8. The van der Waals surface area contributed by atoms with Crippen molar-refractivity contribution in [3.63, 3.8) is 0 Å². The zero-order chi connectivity index (χ0) is 40.9. The Morgan fingerprint density at radius 1 is 0.554 bits per heavy atom. The highest BCUT2D eigenvalue weighted by Gasteiger charge is 2.54. The molecule has 0 radical (unpaired) electrons. The molecule has 3 saturated heterocycles. The van der Waals surface area contributed by atoms with Gasteiger partial charge in [-0.25, -0.2) is 14.4 Å². The summed E-state index contributed by atoms with van der Waals surface area (Å²) in [6, 6.07) is 8.33. The van der Waals surface area contributed by atoms with Crippen molar-refractivity contribution in [3.05, 3.63) is 52.7 Å². The average molecular weight is 799 g/mol. The van der Waals surface area contributed by atoms with Crippen LogP contribution in [0.4, 0.5) is 0 Å². The Balaban J connectivity index is 1.20. The first-order valence-corrected chi connectivity index (χ1v) is 16.4. The highest BCUT2D eigenvalue weighted by Crippen LogP contribution is 2.35. The molecule has 56 heavy (non-hydrogen) atoms. The highest BCUT2D eigenvalue weighted by atomic mass is 16.7. The number of carboxylic acids is 3. The van der Waals surface area contributed by atoms with Crippen LogP contribution in [0.5, 0.6) is 17.2 Å². The van der Waals surface area contributed by atoms with Gasteiger partial charge in [0.2, 0.25) is 12.6 Å². The van der Waals surface area contributed by atoms with Crippen LogP contribution in [-0.2, 0) is 33.3 Å². The lowest BCUT2D eigenvalue weighted by Gasteiger charge is -2.44. The molecule has 0 saturated carbocycles. The van der Waals surface area contributed by atoms with Gasteiger partial charge < -0.3 is 94.1 Å². The fraction of sp³-hybridized carbons (Fsp3) is 0.455. The molecule has 0 spiro atoms. The number of aliphatic carboxylic acids is 3. The lowest BCUT2D eigenvalue weighted by atomic mass is 9.96. The van der Waals surface area contributed by atoms with Crippen LogP contribution in [-0.4, -0.2) is 171 Å². The topological polar surface area (TPSA) is 380 Å². The Morgan fingerprint density at radius 3 is 1.59 bits per heavy atom. The molecule has 15 atom stereocenters. The number of hydrogen-bond donors (Lipinski definition) is 12. The number of carboxylic acid groups (broad SMARTS) is 3. The van der Waals surface area contributed by atoms with Crippen molar-refractivity contribution in [2.75, 3.05) is 0 Å². The van der Waals surface area contributed by atoms with E-state index in [0.717, 1.165) is 18.2 Å². The zero-order valence-electron chi connectivity index (χ0n) is 28.1. The van der Waals surface area contributed by atoms with E-state index >= 15 is 0 Å². The van der Waals surface area contributed by atoms with Crippen LogP contribution in [0.1, 0.15) is 0 Å². The molecule has 1 aromatic heterocycles. The standard InChI is InChI=1S/C33H34O23/c34-11-5-10(51-32-23(43)20(40)24(27(56-32)30(48)49)53-33-22(42)17(37)19(39)26(55-33)29(46)47)6-14-15(11)12(35)7-13(52-14)8-1-3-9(4-2-8)50-31-21(41)16(36)18(38)25(54-31)28(44)45/h1-7,16-27,31-34,36-43H,(H,44,45)(H,46,47)(H,48,49). The second-order valence-corrected chi connectivity index (χ2v) is 12.9. The van der Waals surface area contributed by atoms with Crippen LogP contribution in [0, 0.1) is 0 Å². The van der Waals surface area contributed by atoms with Crippen molar-refractivity contribution >= 4 is 28.9 Å². The number of phenolic OH excluding ortho intramolecular Hbond substituents is 1. The van der Waals surface area contributed by atoms with Gasteiger partial charge in [0.1, 0.15) is 88.9 Å². The summed E-state index contributed by atoms with van der Waals surface area (Å²) in [7, 11) is 0. The van der Waals surface area contributed by atoms with E-state index in [-0.39, 0.29) is 33.8 Å². The minimum absolute atomic E-state index is 0.00850. The van der Waals surface area contributed by atoms with Crippen molar-refractivity contribution < 1.29 is 109 Å². The van der Waals surface area contributed by atoms with Crippen LogP contribution in [0.25, 0.3) is 22.3 Å². The molecule has 23 heteroatoms. The molecule has 0 bridgehead atoms. The van der Waals surface area contributed by atoms with Crippen molar-refractivity contribution in [1.29, 1.82) is 0 Å². The summed E-state index contributed by atoms with van der Waals surface area (Å²) in [6.07, 6.45) is -30.7. The number of aliphatic hydroxyl groups is 8. The van der Waals surface area contributed by atoms with Crippen molar-refractivity contribution in [3.8, 4) is 28.6 Å². The van der Waals surface area contributed by atoms with Gasteiger partial charge in [-0.15, -0.1) is 0 Å². The van der Waals surface area contributed by atoms with Gasteiger partial charge in [-0.1, -0.05) is 0 Å². The van der Waals surface area contributed by atoms with Gasteiger partial charge in [0.15, 0.2) is 30.0 Å². The molecule has 4 heterocycles. The van der Waals surface area contributed by atoms with Gasteiger partial charge in [-0.3, -0.25) is 4.79 Å². The van der Waals surface area contributed by atoms with Crippen LogP contribution < -0.4 is 14.9 Å². The summed E-state index contributed by atoms with van der Waals surface area (Å²) in [5.74, 6) is -6.38. The Labute approximate surface area is 310 Å². The SMILES string of the molecule is O=C(O)C1OC(Oc2ccc(-c3cc(=O)c4c(O)cc(OC5OC(C(=O)O)C(OC6OC(C(=O)O)C(O)C(O)C6O)C(O)C5O)cc4o3)cc2)C(O)C(O)C1O. The Kier molecular flexibility index (Phi) is 11.5. The van der Waals surface area contributed by atoms with E-state index in [2.05, 4.69) is 0 Å². The lowest BCUT2D eigenvalue weighted by molar-refractivity contribution is -0.343. The summed E-state index contributed by atoms with van der Waals surface area (Å²) in [6.45, 7) is 0. The quantitative estimate of drug-likeness (QED) is 0.0921. The van der Waals surface area contributed by atoms with E-state index < -0.39 is 121 Å². The van der Waals surface area contributed by atoms with Gasteiger partial charge in [-0.05, 0) is 24.3 Å². The summed E-state index contributed by atoms with van der Waals surface area (Å²) < 4.78 is 37.5. The first-order valence-electron chi connectivity index (χ1n) is 16.4. The number of ether oxygens (including phenoxy) is 6. The van der Waals surface area contributed by atoms with E-state index in [4.69, 9.17) is 32.8 Å². The largest absolute Gasteiger partial charge is 0.507 e. The number of aromatic hydroxyl groups is 1. The monoisotopic (exact) mass is 798 g/mol. The van der Waals surface area contributed by atoms with Crippen molar-refractivity contribution in [2.45, 2.75) is 92.1 Å². The maximum atomic E-state index is 13.0. The molecule has 15 unspecified atom stereocenters. The van der Waals surface area contributed by atoms with Crippen LogP contribution in [0.3, 0.4) is 0 Å². The van der Waals surface area contributed by atoms with Gasteiger partial charge in [0.25, 0.3) is 0 Å². The molecule has 0 amide bonds. The minimum atomic E-state index is -2.22. The molecule has 3 aromatic rings. The van der Waals surface area contributed by atoms with Gasteiger partial charge in [0.05, 0.1) is 0 Å². The van der Waals surface area contributed by atoms with Crippen LogP contribution >= 0.6 is 0 Å². The summed E-state index contributed by atoms with van der Waals surface area (Å²) in [4.78, 5) is 48.1. The fourth-order valence-corrected chi connectivity index (χ4v) is 6.17. The fourth-order valence-electron chi connectivity index (χ4n) is 6.17. The first kappa shape index (κ1) is 40.6. The third-order valence-electron chi connectivity index (χ3n) is 9.13. The molecule has 3 aliphatic heterocycles. The summed E-state index contributed by atoms with van der Waals surface area (Å²) >= 11 is 0. The smallest absolute Gasteiger partial charge is 0.335 e. The number of fused-ring (bicyclic) bond motifs is 1. The van der Waals surface area contributed by atoms with Gasteiger partial charge >= 0.3 is 17.9 Å². The molecule has 3 fully saturated rings. The van der Waals surface area contributed by atoms with E-state index in [1.165, 1.54) is 24.3 Å². The van der Waals surface area contributed by atoms with Gasteiger partial charge in [0, 0.05) is 23.8 Å². The average Bonchev–Trinajstić information content (AvgIpc) is 3.14. The van der Waals surface area contributed by atoms with E-state index in [0.29, 0.717) is 0 Å². The normalized spacial score (nSPS) is 36.1. The predicted octanol–water partition coefficient (Wildman–Crippen LogP) is -4.38. The molecule has 2 aromatic carbocycles. The third kappa shape index (κ3) is 7.70. The van der Waals surface area contributed by atoms with Gasteiger partial charge in [-0.2, -0.15) is 0 Å². The minimum Gasteiger partial charge on any atom is -0.507 e. The van der Waals surface area contributed by atoms with Crippen molar-refractivity contribution in [2.24, 2.45) is 0 Å². The molecular weight excluding hydrogens is 764 g/mol. The number of hydrogen-bond acceptors (Lipinski definition) is 20. The zero-order valence-corrected chi connectivity index (χ0v) is 28.1. The maximum Gasteiger partial charge on any atom is 0.335 e. The lowest BCUT2D eigenvalue weighted by Crippen LogP contribution is -2.66. The maximum absolute atomic E-state index is 13.0. The molecule has 12 N–H and O–H groups in total. The van der Waals surface area contributed by atoms with E-state index in [1.807, 2.05) is 0 Å². The number of phenols is 1. The number of aliphatic hydroxyl groups excluding tert-OH is 8. The van der Waals surface area contributed by atoms with E-state index in [1.54, 1.807) is 0 Å². The molecule has 6 rings (SSSR count). The molecule has 0 aliphatic carbocycles. The third-order valence-corrected chi connectivity index (χ3v) is 9.13. The number of rotatable bonds is 10. The summed E-state index contributed by atoms with van der Waals surface area (Å²) in [5, 5.41) is 121.